The SMILES string of the molecule is CCC(CC)CN(CC)CC(CO)(NC)C1CC1. The maximum Gasteiger partial charge on any atom is 0.0628 e. The highest BCUT2D eigenvalue weighted by atomic mass is 16.3. The summed E-state index contributed by atoms with van der Waals surface area (Å²) in [6, 6.07) is 0. The molecule has 2 N–H and O–H groups in total. The van der Waals surface area contributed by atoms with E-state index in [1.54, 1.807) is 0 Å². The molecule has 0 bridgehead atoms. The van der Waals surface area contributed by atoms with Gasteiger partial charge in [0.2, 0.25) is 0 Å². The molecule has 1 aliphatic carbocycles. The monoisotopic (exact) mass is 256 g/mol. The lowest BCUT2D eigenvalue weighted by Crippen LogP contribution is -2.57. The third kappa shape index (κ3) is 3.94. The normalized spacial score (nSPS) is 19.5. The predicted octanol–water partition coefficient (Wildman–Crippen LogP) is 2.10. The largest absolute Gasteiger partial charge is 0.394 e. The van der Waals surface area contributed by atoms with Crippen LogP contribution in [0, 0.1) is 11.8 Å². The number of hydrogen-bond donors (Lipinski definition) is 2. The highest BCUT2D eigenvalue weighted by Gasteiger charge is 2.44. The minimum absolute atomic E-state index is 0.0674. The van der Waals surface area contributed by atoms with Gasteiger partial charge in [-0.15, -0.1) is 0 Å². The second-order valence-electron chi connectivity index (χ2n) is 5.85. The molecule has 0 saturated heterocycles. The number of hydrogen-bond acceptors (Lipinski definition) is 3. The van der Waals surface area contributed by atoms with Gasteiger partial charge in [0.25, 0.3) is 0 Å². The molecule has 0 aromatic rings. The van der Waals surface area contributed by atoms with E-state index in [9.17, 15) is 5.11 Å². The molecule has 1 atom stereocenters. The fraction of sp³-hybridized carbons (Fsp3) is 1.00. The molecule has 0 heterocycles. The third-order valence-electron chi connectivity index (χ3n) is 4.76. The number of nitrogens with one attached hydrogen (secondary N) is 1. The standard InChI is InChI=1S/C15H32N2O/c1-5-13(6-2)10-17(7-3)11-15(12-18,16-4)14-8-9-14/h13-14,16,18H,5-12H2,1-4H3. The van der Waals surface area contributed by atoms with Crippen LogP contribution in [0.1, 0.15) is 46.5 Å². The molecular weight excluding hydrogens is 224 g/mol. The van der Waals surface area contributed by atoms with Gasteiger partial charge in [0.15, 0.2) is 0 Å². The van der Waals surface area contributed by atoms with Gasteiger partial charge < -0.3 is 15.3 Å². The van der Waals surface area contributed by atoms with Gasteiger partial charge in [0, 0.05) is 13.1 Å². The van der Waals surface area contributed by atoms with Crippen molar-refractivity contribution >= 4 is 0 Å². The van der Waals surface area contributed by atoms with Gasteiger partial charge in [-0.2, -0.15) is 0 Å². The Balaban J connectivity index is 2.58. The second kappa shape index (κ2) is 7.46. The smallest absolute Gasteiger partial charge is 0.0628 e. The Morgan fingerprint density at radius 2 is 1.89 bits per heavy atom. The maximum atomic E-state index is 9.79. The first-order valence-corrected chi connectivity index (χ1v) is 7.67. The summed E-state index contributed by atoms with van der Waals surface area (Å²) in [6.45, 7) is 10.3. The first-order chi connectivity index (χ1) is 8.65. The fourth-order valence-electron chi connectivity index (χ4n) is 2.92. The molecule has 3 heteroatoms. The zero-order chi connectivity index (χ0) is 13.6. The molecule has 1 unspecified atom stereocenters. The molecule has 1 fully saturated rings. The van der Waals surface area contributed by atoms with E-state index in [0.717, 1.165) is 19.0 Å². The number of likely N-dealkylation sites (N-methyl/N-ethyl adjacent to an activating group) is 2. The number of aliphatic hydroxyl groups is 1. The van der Waals surface area contributed by atoms with Crippen molar-refractivity contribution in [3.8, 4) is 0 Å². The van der Waals surface area contributed by atoms with Crippen molar-refractivity contribution in [1.82, 2.24) is 10.2 Å². The summed E-state index contributed by atoms with van der Waals surface area (Å²) in [5, 5.41) is 13.2. The lowest BCUT2D eigenvalue weighted by molar-refractivity contribution is 0.0902. The Morgan fingerprint density at radius 3 is 2.22 bits per heavy atom. The first-order valence-electron chi connectivity index (χ1n) is 7.67. The second-order valence-corrected chi connectivity index (χ2v) is 5.85. The average Bonchev–Trinajstić information content (AvgIpc) is 3.25. The van der Waals surface area contributed by atoms with Crippen LogP contribution in [0.5, 0.6) is 0 Å². The first kappa shape index (κ1) is 15.9. The number of rotatable bonds is 10. The Hall–Kier alpha value is -0.120. The van der Waals surface area contributed by atoms with Crippen molar-refractivity contribution in [3.63, 3.8) is 0 Å². The molecule has 0 aromatic heterocycles. The van der Waals surface area contributed by atoms with E-state index in [0.29, 0.717) is 5.92 Å². The van der Waals surface area contributed by atoms with Gasteiger partial charge in [-0.25, -0.2) is 0 Å². The lowest BCUT2D eigenvalue weighted by Gasteiger charge is -2.38. The summed E-state index contributed by atoms with van der Waals surface area (Å²) in [6.07, 6.45) is 5.04. The van der Waals surface area contributed by atoms with Crippen LogP contribution >= 0.6 is 0 Å². The van der Waals surface area contributed by atoms with Crippen molar-refractivity contribution in [1.29, 1.82) is 0 Å². The molecule has 0 amide bonds. The van der Waals surface area contributed by atoms with E-state index in [4.69, 9.17) is 0 Å². The summed E-state index contributed by atoms with van der Waals surface area (Å²) >= 11 is 0. The summed E-state index contributed by atoms with van der Waals surface area (Å²) in [7, 11) is 2.00. The molecule has 1 aliphatic rings. The molecule has 3 nitrogen and oxygen atoms in total. The Labute approximate surface area is 113 Å². The fourth-order valence-corrected chi connectivity index (χ4v) is 2.92. The molecule has 18 heavy (non-hydrogen) atoms. The lowest BCUT2D eigenvalue weighted by atomic mass is 9.92. The highest BCUT2D eigenvalue weighted by molar-refractivity contribution is 5.02. The van der Waals surface area contributed by atoms with Gasteiger partial charge in [-0.05, 0) is 38.3 Å². The van der Waals surface area contributed by atoms with Gasteiger partial charge in [-0.3, -0.25) is 0 Å². The van der Waals surface area contributed by atoms with E-state index in [2.05, 4.69) is 31.0 Å². The van der Waals surface area contributed by atoms with Crippen LogP contribution in [0.4, 0.5) is 0 Å². The quantitative estimate of drug-likeness (QED) is 0.628. The molecular formula is C15H32N2O. The molecule has 0 aromatic carbocycles. The van der Waals surface area contributed by atoms with E-state index < -0.39 is 0 Å². The Kier molecular flexibility index (Phi) is 6.61. The zero-order valence-electron chi connectivity index (χ0n) is 12.7. The van der Waals surface area contributed by atoms with Crippen LogP contribution in [0.15, 0.2) is 0 Å². The molecule has 1 saturated carbocycles. The van der Waals surface area contributed by atoms with E-state index in [1.165, 1.54) is 32.2 Å². The minimum Gasteiger partial charge on any atom is -0.394 e. The number of aliphatic hydroxyl groups excluding tert-OH is 1. The summed E-state index contributed by atoms with van der Waals surface area (Å²) in [4.78, 5) is 2.52. The summed E-state index contributed by atoms with van der Waals surface area (Å²) in [5.41, 5.74) is -0.0674. The van der Waals surface area contributed by atoms with Crippen molar-refractivity contribution in [2.24, 2.45) is 11.8 Å². The molecule has 0 radical (unpaired) electrons. The van der Waals surface area contributed by atoms with Crippen LogP contribution in [0.3, 0.4) is 0 Å². The van der Waals surface area contributed by atoms with E-state index >= 15 is 0 Å². The average molecular weight is 256 g/mol. The summed E-state index contributed by atoms with van der Waals surface area (Å²) < 4.78 is 0. The predicted molar refractivity (Wildman–Crippen MR) is 77.8 cm³/mol. The summed E-state index contributed by atoms with van der Waals surface area (Å²) in [5.74, 6) is 1.46. The van der Waals surface area contributed by atoms with Crippen LogP contribution in [-0.4, -0.2) is 48.8 Å². The van der Waals surface area contributed by atoms with Gasteiger partial charge in [-0.1, -0.05) is 33.6 Å². The zero-order valence-corrected chi connectivity index (χ0v) is 12.7. The van der Waals surface area contributed by atoms with Crippen molar-refractivity contribution in [2.45, 2.75) is 52.0 Å². The van der Waals surface area contributed by atoms with Crippen LogP contribution in [0.2, 0.25) is 0 Å². The van der Waals surface area contributed by atoms with Crippen LogP contribution in [-0.2, 0) is 0 Å². The van der Waals surface area contributed by atoms with Crippen molar-refractivity contribution in [2.75, 3.05) is 33.3 Å². The maximum absolute atomic E-state index is 9.79. The van der Waals surface area contributed by atoms with E-state index in [-0.39, 0.29) is 12.1 Å². The highest BCUT2D eigenvalue weighted by Crippen LogP contribution is 2.40. The van der Waals surface area contributed by atoms with Gasteiger partial charge >= 0.3 is 0 Å². The molecule has 108 valence electrons. The van der Waals surface area contributed by atoms with Crippen molar-refractivity contribution in [3.05, 3.63) is 0 Å². The number of nitrogens with zero attached hydrogens (tertiary/aromatic N) is 1. The van der Waals surface area contributed by atoms with Crippen molar-refractivity contribution < 1.29 is 5.11 Å². The minimum atomic E-state index is -0.0674. The topological polar surface area (TPSA) is 35.5 Å². The van der Waals surface area contributed by atoms with Gasteiger partial charge in [0.05, 0.1) is 12.1 Å². The molecule has 0 aliphatic heterocycles. The van der Waals surface area contributed by atoms with Gasteiger partial charge in [0.1, 0.15) is 0 Å². The molecule has 0 spiro atoms. The third-order valence-corrected chi connectivity index (χ3v) is 4.76. The van der Waals surface area contributed by atoms with Crippen LogP contribution in [0.25, 0.3) is 0 Å². The Bertz CT molecular complexity index is 221. The Morgan fingerprint density at radius 1 is 1.28 bits per heavy atom. The molecule has 1 rings (SSSR count). The van der Waals surface area contributed by atoms with Crippen LogP contribution < -0.4 is 5.32 Å². The van der Waals surface area contributed by atoms with E-state index in [1.807, 2.05) is 7.05 Å².